The molecule has 1 aromatic heterocycles. The maximum Gasteiger partial charge on any atom is 2.00 e. The molecule has 1 aliphatic rings. The van der Waals surface area contributed by atoms with Crippen molar-refractivity contribution in [3.63, 3.8) is 0 Å². The molecular weight excluding hydrogens is 2070 g/mol. The first kappa shape index (κ1) is 110. The summed E-state index contributed by atoms with van der Waals surface area (Å²) < 4.78 is 5.97. The first-order valence-electron chi connectivity index (χ1n) is 34.6. The zero-order valence-electron chi connectivity index (χ0n) is 63.1. The van der Waals surface area contributed by atoms with E-state index in [1.54, 1.807) is 0 Å². The first-order chi connectivity index (χ1) is 42.7. The summed E-state index contributed by atoms with van der Waals surface area (Å²) in [6.45, 7) is 33.7. The van der Waals surface area contributed by atoms with E-state index in [0.717, 1.165) is 70.0 Å². The summed E-state index contributed by atoms with van der Waals surface area (Å²) in [6.07, 6.45) is 50.8. The molecular formula is C88H135NOSU4. The molecule has 0 spiro atoms. The van der Waals surface area contributed by atoms with Gasteiger partial charge >= 0.3 is 124 Å². The number of fused-ring (bicyclic) bond motifs is 1. The van der Waals surface area contributed by atoms with Gasteiger partial charge in [0.25, 0.3) is 0 Å². The Bertz CT molecular complexity index is 2560. The molecule has 0 saturated carbocycles. The van der Waals surface area contributed by atoms with Crippen LogP contribution in [-0.2, 0) is 51.4 Å². The van der Waals surface area contributed by atoms with E-state index in [1.165, 1.54) is 182 Å². The summed E-state index contributed by atoms with van der Waals surface area (Å²) in [4.78, 5) is 7.12. The number of hydrogen-bond acceptors (Lipinski definition) is 3. The van der Waals surface area contributed by atoms with Gasteiger partial charge in [-0.25, -0.2) is 0 Å². The largest absolute Gasteiger partial charge is 2.00 e. The molecule has 0 amide bonds. The van der Waals surface area contributed by atoms with Crippen molar-refractivity contribution in [2.45, 2.75) is 271 Å². The van der Waals surface area contributed by atoms with Crippen LogP contribution in [0.5, 0.6) is 5.75 Å². The Morgan fingerprint density at radius 2 is 1.02 bits per heavy atom. The molecule has 0 N–H and O–H groups in total. The van der Waals surface area contributed by atoms with Gasteiger partial charge in [-0.1, -0.05) is 284 Å². The van der Waals surface area contributed by atoms with Crippen molar-refractivity contribution in [2.75, 3.05) is 0 Å². The van der Waals surface area contributed by atoms with E-state index in [0.29, 0.717) is 6.10 Å². The Morgan fingerprint density at radius 3 is 1.56 bits per heavy atom. The fourth-order valence-corrected chi connectivity index (χ4v) is 10.6. The summed E-state index contributed by atoms with van der Waals surface area (Å²) >= 11 is 1.89. The first-order valence-corrected chi connectivity index (χ1v) is 35.4. The van der Waals surface area contributed by atoms with Gasteiger partial charge in [0, 0.05) is 21.7 Å². The molecule has 520 valence electrons. The standard InChI is InChI=1S/C16H18S.C14H20O.C13H17.C12H15.C11H16N.C10H20.C8H17.4CH3.4U/c1-3-13-9-5-7-11-15(13)17-16-12-8-6-10-14(16)4-2;1-3-5-11-6-7-12-8-9-13(4-2)15-14(12)10-11;1-3-5-6-10-13-11-8-7-9-12(13)4-2;1-2-3-4-6-9-12-10-7-5-8-11-12;1-3-5-8-11-10(4-2)7-6-9-12-11;1-3-5-7-9-10-8-6-4-2;1-3-5-7-8-6-4-2;;;;;;;;/h5-12H,3-4H2,1-2H3;6-7,10,13H,3-5,8-9H2,1-2H3;6-11H,2-5H2,1H3;4-8,10H,2-3,9H2,1H3;6-7,9H,2-5,8H2,1H3;7,9H,3-6,8,10H2,1-2H3;1,3-8H2,2H3;4*1H3;;;;/q;;3*-1;;5*-1;4*+2. The Morgan fingerprint density at radius 1 is 0.495 bits per heavy atom. The van der Waals surface area contributed by atoms with Gasteiger partial charge in [0.15, 0.2) is 0 Å². The average molecular weight is 2210 g/mol. The third kappa shape index (κ3) is 56.1. The minimum Gasteiger partial charge on any atom is -0.490 e. The molecule has 2 heterocycles. The van der Waals surface area contributed by atoms with Gasteiger partial charge in [-0.15, -0.1) is 0 Å². The number of nitrogens with zero attached hydrogens (tertiary/aromatic N) is 1. The van der Waals surface area contributed by atoms with Crippen molar-refractivity contribution >= 4 is 17.8 Å². The third-order valence-corrected chi connectivity index (χ3v) is 16.1. The molecule has 1 atom stereocenters. The van der Waals surface area contributed by atoms with Crippen molar-refractivity contribution in [2.24, 2.45) is 0 Å². The van der Waals surface area contributed by atoms with Gasteiger partial charge < -0.3 is 55.2 Å². The minimum absolute atomic E-state index is 0. The van der Waals surface area contributed by atoms with Crippen LogP contribution in [0.3, 0.4) is 0 Å². The van der Waals surface area contributed by atoms with Crippen molar-refractivity contribution in [1.29, 1.82) is 0 Å². The van der Waals surface area contributed by atoms with Crippen LogP contribution in [0.1, 0.15) is 254 Å². The number of benzene rings is 5. The van der Waals surface area contributed by atoms with E-state index in [-0.39, 0.29) is 154 Å². The van der Waals surface area contributed by atoms with Crippen LogP contribution in [0, 0.1) is 181 Å². The summed E-state index contributed by atoms with van der Waals surface area (Å²) in [5, 5.41) is 0. The number of ether oxygens (including phenoxy) is 1. The number of aryl methyl sites for hydroxylation is 5. The quantitative estimate of drug-likeness (QED) is 0.0255. The van der Waals surface area contributed by atoms with E-state index >= 15 is 0 Å². The SMILES string of the molecule is CCCC=CCCCCC.CCCC=CCc1[c-]cccc1.CCCc1ccc2c(c1)OC(CC)CC2.CCc1ccccc1Sc1ccccc1CC.[CH2-]CCCCCCC.[CH2-]Cc1ccccc1C=CCCC.[CH2-]Cc1cccnc1CCCC.[CH3-].[CH3-].[CH3-].[CH3-].[U+2].[U+2].[U+2].[U+2]. The van der Waals surface area contributed by atoms with Gasteiger partial charge in [0.05, 0.1) is 6.10 Å². The van der Waals surface area contributed by atoms with Crippen molar-refractivity contribution < 1.29 is 129 Å². The van der Waals surface area contributed by atoms with Crippen LogP contribution in [0.2, 0.25) is 0 Å². The predicted molar refractivity (Wildman–Crippen MR) is 416 cm³/mol. The van der Waals surface area contributed by atoms with Crippen molar-refractivity contribution in [3.05, 3.63) is 271 Å². The number of rotatable bonds is 30. The smallest absolute Gasteiger partial charge is 0.490 e. The molecule has 0 fully saturated rings. The number of hydrogen-bond donors (Lipinski definition) is 0. The molecule has 7 heteroatoms. The van der Waals surface area contributed by atoms with Gasteiger partial charge in [-0.05, 0) is 142 Å². The molecule has 7 rings (SSSR count). The molecule has 95 heavy (non-hydrogen) atoms. The summed E-state index contributed by atoms with van der Waals surface area (Å²) in [7, 11) is 0. The zero-order chi connectivity index (χ0) is 63.6. The Kier molecular flexibility index (Phi) is 92.6. The zero-order valence-corrected chi connectivity index (χ0v) is 80.6. The Labute approximate surface area is 691 Å². The van der Waals surface area contributed by atoms with Gasteiger partial charge in [-0.3, -0.25) is 4.98 Å². The van der Waals surface area contributed by atoms with Gasteiger partial charge in [-0.2, -0.15) is 55.2 Å². The molecule has 5 aromatic carbocycles. The molecule has 0 aliphatic carbocycles. The van der Waals surface area contributed by atoms with E-state index < -0.39 is 0 Å². The van der Waals surface area contributed by atoms with Crippen LogP contribution < -0.4 is 4.74 Å². The van der Waals surface area contributed by atoms with Gasteiger partial charge in [0.1, 0.15) is 5.75 Å². The predicted octanol–water partition coefficient (Wildman–Crippen LogP) is 27.7. The van der Waals surface area contributed by atoms with E-state index in [4.69, 9.17) is 4.74 Å². The van der Waals surface area contributed by atoms with Crippen LogP contribution in [0.15, 0.2) is 174 Å². The minimum atomic E-state index is 0. The summed E-state index contributed by atoms with van der Waals surface area (Å²) in [5.41, 5.74) is 12.1. The molecule has 0 bridgehead atoms. The fraction of sp³-hybridized carbons (Fsp3) is 0.455. The second-order valence-corrected chi connectivity index (χ2v) is 23.5. The number of aromatic nitrogens is 1. The molecule has 0 saturated heterocycles. The molecule has 2 nitrogen and oxygen atoms in total. The van der Waals surface area contributed by atoms with Crippen LogP contribution >= 0.6 is 11.8 Å². The van der Waals surface area contributed by atoms with Crippen LogP contribution in [-0.4, -0.2) is 11.1 Å². The van der Waals surface area contributed by atoms with E-state index in [1.807, 2.05) is 36.2 Å². The average Bonchev–Trinajstić information content (AvgIpc) is 0.999. The second kappa shape index (κ2) is 80.1. The number of unbranched alkanes of at least 4 members (excludes halogenated alkanes) is 12. The van der Waals surface area contributed by atoms with Crippen molar-refractivity contribution in [1.82, 2.24) is 4.98 Å². The van der Waals surface area contributed by atoms with E-state index in [9.17, 15) is 0 Å². The summed E-state index contributed by atoms with van der Waals surface area (Å²) in [5.74, 6) is 1.14. The monoisotopic (exact) mass is 2210 g/mol. The summed E-state index contributed by atoms with van der Waals surface area (Å²) in [6, 6.07) is 47.9. The third-order valence-electron chi connectivity index (χ3n) is 14.9. The Balaban J connectivity index is -0.000000154. The molecule has 1 unspecified atom stereocenters. The maximum atomic E-state index is 5.97. The van der Waals surface area contributed by atoms with Crippen LogP contribution in [0.4, 0.5) is 0 Å². The normalized spacial score (nSPS) is 11.1. The number of pyridine rings is 1. The topological polar surface area (TPSA) is 22.1 Å². The fourth-order valence-electron chi connectivity index (χ4n) is 9.43. The molecule has 6 aromatic rings. The van der Waals surface area contributed by atoms with Crippen molar-refractivity contribution in [3.8, 4) is 5.75 Å². The van der Waals surface area contributed by atoms with Gasteiger partial charge in [0.2, 0.25) is 0 Å². The second-order valence-electron chi connectivity index (χ2n) is 22.4. The molecule has 1 aliphatic heterocycles. The van der Waals surface area contributed by atoms with E-state index in [2.05, 4.69) is 247 Å². The van der Waals surface area contributed by atoms with Crippen LogP contribution in [0.25, 0.3) is 6.08 Å². The molecule has 0 radical (unpaired) electrons. The maximum absolute atomic E-state index is 5.97. The number of allylic oxidation sites excluding steroid dienone is 5. The Hall–Kier alpha value is -1.17.